The molecule has 2 heteroatoms. The molecule has 1 atom stereocenters. The molecule has 106 valence electrons. The van der Waals surface area contributed by atoms with Crippen LogP contribution in [0.3, 0.4) is 0 Å². The van der Waals surface area contributed by atoms with E-state index in [0.29, 0.717) is 0 Å². The van der Waals surface area contributed by atoms with Gasteiger partial charge in [-0.3, -0.25) is 0 Å². The molecule has 0 aliphatic carbocycles. The van der Waals surface area contributed by atoms with Gasteiger partial charge in [0.2, 0.25) is 0 Å². The van der Waals surface area contributed by atoms with E-state index in [0.717, 1.165) is 19.4 Å². The number of aliphatic hydroxyl groups is 1. The molecule has 0 amide bonds. The van der Waals surface area contributed by atoms with Gasteiger partial charge in [0.05, 0.1) is 6.10 Å². The number of allylic oxidation sites excluding steroid dienone is 1. The number of hydrogen-bond acceptors (Lipinski definition) is 1. The van der Waals surface area contributed by atoms with Crippen LogP contribution in [0.5, 0.6) is 0 Å². The molecule has 0 bridgehead atoms. The molecule has 1 aromatic carbocycles. The smallest absolute Gasteiger partial charge is 0.0515 e. The minimum Gasteiger partial charge on any atom is -0.393 e. The first kappa shape index (κ1) is 14.6. The number of aromatic nitrogens is 1. The van der Waals surface area contributed by atoms with E-state index in [1.807, 2.05) is 19.1 Å². The number of aliphatic hydroxyl groups excluding tert-OH is 1. The fraction of sp³-hybridized carbons (Fsp3) is 0.333. The topological polar surface area (TPSA) is 25.2 Å². The molecular weight excluding hydrogens is 246 g/mol. The first-order valence-electron chi connectivity index (χ1n) is 7.16. The minimum atomic E-state index is -0.272. The first-order valence-corrected chi connectivity index (χ1v) is 7.16. The van der Waals surface area contributed by atoms with Crippen LogP contribution in [0.25, 0.3) is 11.1 Å². The summed E-state index contributed by atoms with van der Waals surface area (Å²) in [6.07, 6.45) is 5.48. The number of rotatable bonds is 6. The van der Waals surface area contributed by atoms with E-state index in [-0.39, 0.29) is 6.10 Å². The van der Waals surface area contributed by atoms with Gasteiger partial charge < -0.3 is 9.67 Å². The van der Waals surface area contributed by atoms with E-state index in [1.54, 1.807) is 0 Å². The van der Waals surface area contributed by atoms with E-state index in [9.17, 15) is 5.11 Å². The molecule has 0 saturated carbocycles. The lowest BCUT2D eigenvalue weighted by atomic mass is 9.99. The van der Waals surface area contributed by atoms with Crippen molar-refractivity contribution in [2.45, 2.75) is 39.3 Å². The maximum Gasteiger partial charge on any atom is 0.0515 e. The van der Waals surface area contributed by atoms with Gasteiger partial charge >= 0.3 is 0 Å². The number of aryl methyl sites for hydroxylation is 1. The van der Waals surface area contributed by atoms with Crippen molar-refractivity contribution in [3.05, 3.63) is 60.4 Å². The lowest BCUT2D eigenvalue weighted by molar-refractivity contribution is 0.184. The summed E-state index contributed by atoms with van der Waals surface area (Å²) in [5, 5.41) is 9.57. The predicted molar refractivity (Wildman–Crippen MR) is 84.8 cm³/mol. The Kier molecular flexibility index (Phi) is 4.80. The van der Waals surface area contributed by atoms with Crippen molar-refractivity contribution in [1.82, 2.24) is 4.57 Å². The van der Waals surface area contributed by atoms with Crippen LogP contribution in [0.2, 0.25) is 0 Å². The van der Waals surface area contributed by atoms with Crippen LogP contribution in [-0.2, 0) is 13.0 Å². The molecule has 1 unspecified atom stereocenters. The van der Waals surface area contributed by atoms with Crippen LogP contribution in [0.4, 0.5) is 0 Å². The molecule has 1 aromatic heterocycles. The van der Waals surface area contributed by atoms with Gasteiger partial charge in [0.15, 0.2) is 0 Å². The monoisotopic (exact) mass is 269 g/mol. The summed E-state index contributed by atoms with van der Waals surface area (Å²) in [6.45, 7) is 8.63. The molecular formula is C18H23NO. The van der Waals surface area contributed by atoms with E-state index >= 15 is 0 Å². The zero-order chi connectivity index (χ0) is 14.5. The quantitative estimate of drug-likeness (QED) is 0.789. The summed E-state index contributed by atoms with van der Waals surface area (Å²) >= 11 is 0. The van der Waals surface area contributed by atoms with Crippen molar-refractivity contribution in [1.29, 1.82) is 0 Å². The Morgan fingerprint density at radius 2 is 2.00 bits per heavy atom. The highest BCUT2D eigenvalue weighted by atomic mass is 16.3. The van der Waals surface area contributed by atoms with Gasteiger partial charge in [0.25, 0.3) is 0 Å². The van der Waals surface area contributed by atoms with Crippen molar-refractivity contribution in [2.24, 2.45) is 0 Å². The Balaban J connectivity index is 2.45. The van der Waals surface area contributed by atoms with Gasteiger partial charge in [-0.1, -0.05) is 36.4 Å². The number of benzene rings is 1. The normalized spacial score (nSPS) is 12.3. The zero-order valence-electron chi connectivity index (χ0n) is 12.3. The molecule has 0 saturated heterocycles. The van der Waals surface area contributed by atoms with E-state index in [1.165, 1.54) is 22.4 Å². The van der Waals surface area contributed by atoms with Gasteiger partial charge in [-0.25, -0.2) is 0 Å². The summed E-state index contributed by atoms with van der Waals surface area (Å²) in [5.74, 6) is 0. The standard InChI is InChI=1S/C18H23NO/c1-4-12-19-13-14(2)18(16-8-6-5-7-9-16)17(19)11-10-15(3)20/h4-9,13,15,20H,1,10-12H2,2-3H3. The summed E-state index contributed by atoms with van der Waals surface area (Å²) < 4.78 is 2.24. The lowest BCUT2D eigenvalue weighted by Crippen LogP contribution is -2.07. The van der Waals surface area contributed by atoms with Crippen LogP contribution >= 0.6 is 0 Å². The molecule has 0 spiro atoms. The second-order valence-electron chi connectivity index (χ2n) is 5.33. The Labute approximate surface area is 121 Å². The summed E-state index contributed by atoms with van der Waals surface area (Å²) in [4.78, 5) is 0. The Morgan fingerprint density at radius 3 is 2.60 bits per heavy atom. The zero-order valence-corrected chi connectivity index (χ0v) is 12.3. The van der Waals surface area contributed by atoms with Gasteiger partial charge in [-0.2, -0.15) is 0 Å². The second kappa shape index (κ2) is 6.58. The third-order valence-electron chi connectivity index (χ3n) is 3.57. The number of hydrogen-bond donors (Lipinski definition) is 1. The molecule has 0 fully saturated rings. The van der Waals surface area contributed by atoms with E-state index < -0.39 is 0 Å². The Bertz CT molecular complexity index is 567. The summed E-state index contributed by atoms with van der Waals surface area (Å²) in [6, 6.07) is 10.5. The predicted octanol–water partition coefficient (Wildman–Crippen LogP) is 3.96. The second-order valence-corrected chi connectivity index (χ2v) is 5.33. The average Bonchev–Trinajstić information content (AvgIpc) is 2.74. The van der Waals surface area contributed by atoms with Gasteiger partial charge in [-0.15, -0.1) is 6.58 Å². The van der Waals surface area contributed by atoms with Gasteiger partial charge in [0.1, 0.15) is 0 Å². The van der Waals surface area contributed by atoms with Crippen molar-refractivity contribution in [3.8, 4) is 11.1 Å². The van der Waals surface area contributed by atoms with Gasteiger partial charge in [-0.05, 0) is 37.8 Å². The third kappa shape index (κ3) is 3.20. The minimum absolute atomic E-state index is 0.272. The summed E-state index contributed by atoms with van der Waals surface area (Å²) in [7, 11) is 0. The maximum atomic E-state index is 9.57. The summed E-state index contributed by atoms with van der Waals surface area (Å²) in [5.41, 5.74) is 5.11. The van der Waals surface area contributed by atoms with Crippen molar-refractivity contribution in [3.63, 3.8) is 0 Å². The average molecular weight is 269 g/mol. The van der Waals surface area contributed by atoms with Crippen LogP contribution in [0, 0.1) is 6.92 Å². The van der Waals surface area contributed by atoms with Gasteiger partial charge in [0, 0.05) is 24.0 Å². The van der Waals surface area contributed by atoms with Crippen molar-refractivity contribution < 1.29 is 5.11 Å². The van der Waals surface area contributed by atoms with Crippen LogP contribution in [-0.4, -0.2) is 15.8 Å². The molecule has 2 nitrogen and oxygen atoms in total. The van der Waals surface area contributed by atoms with E-state index in [2.05, 4.69) is 48.5 Å². The van der Waals surface area contributed by atoms with Crippen molar-refractivity contribution in [2.75, 3.05) is 0 Å². The highest BCUT2D eigenvalue weighted by Crippen LogP contribution is 2.30. The molecule has 0 radical (unpaired) electrons. The number of nitrogens with zero attached hydrogens (tertiary/aromatic N) is 1. The molecule has 1 heterocycles. The lowest BCUT2D eigenvalue weighted by Gasteiger charge is -2.12. The Morgan fingerprint density at radius 1 is 1.30 bits per heavy atom. The SMILES string of the molecule is C=CCn1cc(C)c(-c2ccccc2)c1CCC(C)O. The highest BCUT2D eigenvalue weighted by molar-refractivity contribution is 5.70. The Hall–Kier alpha value is -1.80. The maximum absolute atomic E-state index is 9.57. The molecule has 1 N–H and O–H groups in total. The molecule has 2 aromatic rings. The molecule has 0 aliphatic rings. The first-order chi connectivity index (χ1) is 9.63. The fourth-order valence-electron chi connectivity index (χ4n) is 2.66. The molecule has 0 aliphatic heterocycles. The molecule has 2 rings (SSSR count). The van der Waals surface area contributed by atoms with Crippen LogP contribution in [0.1, 0.15) is 24.6 Å². The van der Waals surface area contributed by atoms with E-state index in [4.69, 9.17) is 0 Å². The van der Waals surface area contributed by atoms with Crippen LogP contribution in [0.15, 0.2) is 49.2 Å². The highest BCUT2D eigenvalue weighted by Gasteiger charge is 2.14. The fourth-order valence-corrected chi connectivity index (χ4v) is 2.66. The largest absolute Gasteiger partial charge is 0.393 e. The molecule has 20 heavy (non-hydrogen) atoms. The van der Waals surface area contributed by atoms with Crippen LogP contribution < -0.4 is 0 Å². The van der Waals surface area contributed by atoms with Crippen molar-refractivity contribution >= 4 is 0 Å². The third-order valence-corrected chi connectivity index (χ3v) is 3.57.